The number of nitrogens with one attached hydrogen (secondary N) is 1. The predicted octanol–water partition coefficient (Wildman–Crippen LogP) is 1.83. The molecule has 1 atom stereocenters. The van der Waals surface area contributed by atoms with Crippen LogP contribution in [0, 0.1) is 19.8 Å². The van der Waals surface area contributed by atoms with Crippen LogP contribution in [0.2, 0.25) is 0 Å². The Morgan fingerprint density at radius 1 is 1.22 bits per heavy atom. The van der Waals surface area contributed by atoms with E-state index < -0.39 is 0 Å². The van der Waals surface area contributed by atoms with Gasteiger partial charge in [0.25, 0.3) is 0 Å². The molecule has 0 radical (unpaired) electrons. The van der Waals surface area contributed by atoms with Gasteiger partial charge in [-0.25, -0.2) is 9.97 Å². The van der Waals surface area contributed by atoms with Gasteiger partial charge in [-0.1, -0.05) is 17.7 Å². The van der Waals surface area contributed by atoms with E-state index >= 15 is 0 Å². The molecule has 7 heteroatoms. The number of carbonyl (C=O) groups is 2. The first-order valence-corrected chi connectivity index (χ1v) is 9.00. The highest BCUT2D eigenvalue weighted by Gasteiger charge is 2.35. The number of hydrogen-bond acceptors (Lipinski definition) is 5. The van der Waals surface area contributed by atoms with Gasteiger partial charge in [0.15, 0.2) is 0 Å². The normalized spacial score (nSPS) is 16.5. The van der Waals surface area contributed by atoms with Crippen LogP contribution < -0.4 is 15.1 Å². The Kier molecular flexibility index (Phi) is 5.39. The van der Waals surface area contributed by atoms with Crippen LogP contribution in [-0.2, 0) is 16.1 Å². The number of benzene rings is 1. The zero-order valence-corrected chi connectivity index (χ0v) is 16.2. The van der Waals surface area contributed by atoms with E-state index in [-0.39, 0.29) is 30.7 Å². The molecule has 0 bridgehead atoms. The van der Waals surface area contributed by atoms with Crippen LogP contribution >= 0.6 is 0 Å². The molecule has 2 aromatic rings. The van der Waals surface area contributed by atoms with Gasteiger partial charge in [0.1, 0.15) is 11.6 Å². The summed E-state index contributed by atoms with van der Waals surface area (Å²) in [7, 11) is 3.82. The van der Waals surface area contributed by atoms with Crippen molar-refractivity contribution in [1.29, 1.82) is 0 Å². The Morgan fingerprint density at radius 2 is 1.93 bits per heavy atom. The average Bonchev–Trinajstić information content (AvgIpc) is 3.01. The molecular formula is C20H25N5O2. The molecule has 3 rings (SSSR count). The van der Waals surface area contributed by atoms with Gasteiger partial charge in [-0.05, 0) is 26.0 Å². The van der Waals surface area contributed by atoms with Crippen molar-refractivity contribution >= 4 is 23.3 Å². The summed E-state index contributed by atoms with van der Waals surface area (Å²) in [5.74, 6) is 0.826. The summed E-state index contributed by atoms with van der Waals surface area (Å²) < 4.78 is 0. The third kappa shape index (κ3) is 4.42. The van der Waals surface area contributed by atoms with Gasteiger partial charge in [0.2, 0.25) is 11.8 Å². The van der Waals surface area contributed by atoms with Gasteiger partial charge in [0, 0.05) is 44.5 Å². The monoisotopic (exact) mass is 367 g/mol. The summed E-state index contributed by atoms with van der Waals surface area (Å²) in [4.78, 5) is 37.3. The molecule has 1 saturated heterocycles. The summed E-state index contributed by atoms with van der Waals surface area (Å²) in [5, 5.41) is 2.87. The van der Waals surface area contributed by atoms with Crippen molar-refractivity contribution in [3.63, 3.8) is 0 Å². The van der Waals surface area contributed by atoms with Crippen LogP contribution in [0.4, 0.5) is 11.5 Å². The molecule has 142 valence electrons. The number of aromatic nitrogens is 2. The van der Waals surface area contributed by atoms with Crippen molar-refractivity contribution in [3.05, 3.63) is 47.4 Å². The van der Waals surface area contributed by atoms with E-state index in [0.717, 1.165) is 22.8 Å². The Bertz CT molecular complexity index is 848. The minimum absolute atomic E-state index is 0.0271. The number of aryl methyl sites for hydroxylation is 2. The Labute approximate surface area is 159 Å². The maximum absolute atomic E-state index is 12.5. The highest BCUT2D eigenvalue weighted by Crippen LogP contribution is 2.25. The van der Waals surface area contributed by atoms with Crippen LogP contribution in [0.1, 0.15) is 23.5 Å². The van der Waals surface area contributed by atoms with Gasteiger partial charge in [0.05, 0.1) is 12.5 Å². The second-order valence-corrected chi connectivity index (χ2v) is 7.14. The molecule has 27 heavy (non-hydrogen) atoms. The first-order valence-electron chi connectivity index (χ1n) is 9.00. The number of hydrogen-bond donors (Lipinski definition) is 1. The average molecular weight is 367 g/mol. The van der Waals surface area contributed by atoms with E-state index in [1.807, 2.05) is 63.2 Å². The summed E-state index contributed by atoms with van der Waals surface area (Å²) in [5.41, 5.74) is 2.81. The number of rotatable bonds is 5. The van der Waals surface area contributed by atoms with Gasteiger partial charge >= 0.3 is 0 Å². The fourth-order valence-corrected chi connectivity index (χ4v) is 3.09. The van der Waals surface area contributed by atoms with Crippen molar-refractivity contribution in [2.24, 2.45) is 5.92 Å². The van der Waals surface area contributed by atoms with Crippen molar-refractivity contribution in [1.82, 2.24) is 15.3 Å². The highest BCUT2D eigenvalue weighted by molar-refractivity contribution is 6.00. The molecule has 1 unspecified atom stereocenters. The molecule has 1 aliphatic rings. The number of carbonyl (C=O) groups excluding carboxylic acids is 2. The standard InChI is InChI=1S/C20H25N5O2/c1-13-5-7-16(8-6-13)25-12-15(10-19(25)26)20(27)21-11-17-22-14(2)9-18(23-17)24(3)4/h5-9,15H,10-12H2,1-4H3,(H,21,27). The SMILES string of the molecule is Cc1ccc(N2CC(C(=O)NCc3nc(C)cc(N(C)C)n3)CC2=O)cc1. The molecule has 0 saturated carbocycles. The highest BCUT2D eigenvalue weighted by atomic mass is 16.2. The number of amides is 2. The van der Waals surface area contributed by atoms with Crippen LogP contribution in [0.5, 0.6) is 0 Å². The Hall–Kier alpha value is -2.96. The molecule has 2 heterocycles. The molecule has 7 nitrogen and oxygen atoms in total. The summed E-state index contributed by atoms with van der Waals surface area (Å²) in [6.07, 6.45) is 0.220. The molecule has 1 fully saturated rings. The summed E-state index contributed by atoms with van der Waals surface area (Å²) in [6.45, 7) is 4.54. The van der Waals surface area contributed by atoms with Crippen LogP contribution in [0.3, 0.4) is 0 Å². The van der Waals surface area contributed by atoms with E-state index in [1.54, 1.807) is 4.90 Å². The third-order valence-electron chi connectivity index (χ3n) is 4.61. The third-order valence-corrected chi connectivity index (χ3v) is 4.61. The zero-order chi connectivity index (χ0) is 19.6. The maximum Gasteiger partial charge on any atom is 0.227 e. The lowest BCUT2D eigenvalue weighted by Gasteiger charge is -2.17. The molecule has 0 aliphatic carbocycles. The molecule has 2 amide bonds. The van der Waals surface area contributed by atoms with Gasteiger partial charge < -0.3 is 15.1 Å². The Morgan fingerprint density at radius 3 is 2.59 bits per heavy atom. The number of nitrogens with zero attached hydrogens (tertiary/aromatic N) is 4. The second-order valence-electron chi connectivity index (χ2n) is 7.14. The smallest absolute Gasteiger partial charge is 0.227 e. The van der Waals surface area contributed by atoms with Gasteiger partial charge in [-0.3, -0.25) is 9.59 Å². The fraction of sp³-hybridized carbons (Fsp3) is 0.400. The maximum atomic E-state index is 12.5. The Balaban J connectivity index is 1.62. The van der Waals surface area contributed by atoms with Gasteiger partial charge in [-0.15, -0.1) is 0 Å². The first kappa shape index (κ1) is 18.8. The van der Waals surface area contributed by atoms with E-state index in [0.29, 0.717) is 12.4 Å². The minimum Gasteiger partial charge on any atom is -0.363 e. The van der Waals surface area contributed by atoms with Crippen LogP contribution in [-0.4, -0.2) is 42.4 Å². The van der Waals surface area contributed by atoms with Crippen molar-refractivity contribution in [2.75, 3.05) is 30.4 Å². The topological polar surface area (TPSA) is 78.4 Å². The van der Waals surface area contributed by atoms with Crippen molar-refractivity contribution in [2.45, 2.75) is 26.8 Å². The molecule has 1 N–H and O–H groups in total. The van der Waals surface area contributed by atoms with E-state index in [1.165, 1.54) is 0 Å². The van der Waals surface area contributed by atoms with E-state index in [9.17, 15) is 9.59 Å². The lowest BCUT2D eigenvalue weighted by molar-refractivity contribution is -0.126. The molecule has 0 spiro atoms. The lowest BCUT2D eigenvalue weighted by atomic mass is 10.1. The molecule has 1 aromatic carbocycles. The largest absolute Gasteiger partial charge is 0.363 e. The van der Waals surface area contributed by atoms with Crippen molar-refractivity contribution < 1.29 is 9.59 Å². The quantitative estimate of drug-likeness (QED) is 0.872. The predicted molar refractivity (Wildman–Crippen MR) is 105 cm³/mol. The zero-order valence-electron chi connectivity index (χ0n) is 16.2. The molecule has 1 aromatic heterocycles. The first-order chi connectivity index (χ1) is 12.8. The van der Waals surface area contributed by atoms with Crippen molar-refractivity contribution in [3.8, 4) is 0 Å². The fourth-order valence-electron chi connectivity index (χ4n) is 3.09. The second kappa shape index (κ2) is 7.73. The lowest BCUT2D eigenvalue weighted by Crippen LogP contribution is -2.33. The van der Waals surface area contributed by atoms with E-state index in [4.69, 9.17) is 0 Å². The molecular weight excluding hydrogens is 342 g/mol. The number of anilines is 2. The molecule has 1 aliphatic heterocycles. The van der Waals surface area contributed by atoms with E-state index in [2.05, 4.69) is 15.3 Å². The van der Waals surface area contributed by atoms with Crippen LogP contribution in [0.25, 0.3) is 0 Å². The van der Waals surface area contributed by atoms with Gasteiger partial charge in [-0.2, -0.15) is 0 Å². The minimum atomic E-state index is -0.364. The summed E-state index contributed by atoms with van der Waals surface area (Å²) >= 11 is 0. The summed E-state index contributed by atoms with van der Waals surface area (Å²) in [6, 6.07) is 9.65. The van der Waals surface area contributed by atoms with Crippen LogP contribution in [0.15, 0.2) is 30.3 Å².